The molecule has 4 saturated carbocycles. The average molecular weight is 1090 g/mol. The molecule has 28 atom stereocenters. The van der Waals surface area contributed by atoms with Crippen molar-refractivity contribution in [2.75, 3.05) is 33.0 Å². The van der Waals surface area contributed by atoms with Gasteiger partial charge in [-0.25, -0.2) is 0 Å². The minimum atomic E-state index is -1.84. The number of hydrogen-bond acceptors (Lipinski definition) is 23. The van der Waals surface area contributed by atoms with Crippen LogP contribution < -0.4 is 0 Å². The molecule has 4 heterocycles. The fourth-order valence-corrected chi connectivity index (χ4v) is 16.2. The highest BCUT2D eigenvalue weighted by Gasteiger charge is 2.71. The zero-order chi connectivity index (χ0) is 55.4. The van der Waals surface area contributed by atoms with E-state index in [9.17, 15) is 71.5 Å². The van der Waals surface area contributed by atoms with Gasteiger partial charge in [0.05, 0.1) is 44.6 Å². The van der Waals surface area contributed by atoms with Crippen molar-refractivity contribution in [3.05, 3.63) is 11.6 Å². The summed E-state index contributed by atoms with van der Waals surface area (Å²) in [6.45, 7) is 10.9. The van der Waals surface area contributed by atoms with Crippen LogP contribution in [0.2, 0.25) is 0 Å². The van der Waals surface area contributed by atoms with E-state index in [1.165, 1.54) is 5.57 Å². The lowest BCUT2D eigenvalue weighted by molar-refractivity contribution is -0.358. The van der Waals surface area contributed by atoms with Crippen LogP contribution in [0.25, 0.3) is 0 Å². The van der Waals surface area contributed by atoms with Gasteiger partial charge in [0, 0.05) is 5.41 Å². The Labute approximate surface area is 442 Å². The average Bonchev–Trinajstić information content (AvgIpc) is 3.47. The topological polar surface area (TPSA) is 374 Å². The van der Waals surface area contributed by atoms with Gasteiger partial charge in [-0.2, -0.15) is 0 Å². The molecule has 4 aliphatic heterocycles. The number of aliphatic hydroxyl groups excluding tert-OH is 14. The van der Waals surface area contributed by atoms with Gasteiger partial charge in [-0.15, -0.1) is 0 Å². The predicted octanol–water partition coefficient (Wildman–Crippen LogP) is -2.42. The molecule has 23 nitrogen and oxygen atoms in total. The summed E-state index contributed by atoms with van der Waals surface area (Å²) in [6, 6.07) is 0. The number of hydrogen-bond donors (Lipinski definition) is 14. The molecule has 23 heteroatoms. The number of carbonyl (C=O) groups is 1. The van der Waals surface area contributed by atoms with Gasteiger partial charge in [0.2, 0.25) is 6.29 Å². The van der Waals surface area contributed by atoms with Crippen molar-refractivity contribution in [2.45, 2.75) is 229 Å². The lowest BCUT2D eigenvalue weighted by Gasteiger charge is -2.71. The van der Waals surface area contributed by atoms with Crippen molar-refractivity contribution in [1.82, 2.24) is 0 Å². The van der Waals surface area contributed by atoms with E-state index >= 15 is 4.79 Å². The molecule has 0 bridgehead atoms. The summed E-state index contributed by atoms with van der Waals surface area (Å²) in [6.07, 6.45) is -22.2. The third-order valence-electron chi connectivity index (χ3n) is 21.2. The van der Waals surface area contributed by atoms with E-state index in [1.807, 2.05) is 6.92 Å². The molecule has 0 amide bonds. The van der Waals surface area contributed by atoms with Crippen molar-refractivity contribution in [1.29, 1.82) is 0 Å². The van der Waals surface area contributed by atoms with Crippen LogP contribution in [0, 0.1) is 50.2 Å². The Morgan fingerprint density at radius 3 is 1.82 bits per heavy atom. The fourth-order valence-electron chi connectivity index (χ4n) is 16.2. The first-order valence-electron chi connectivity index (χ1n) is 27.4. The molecule has 8 fully saturated rings. The van der Waals surface area contributed by atoms with E-state index in [2.05, 4.69) is 40.7 Å². The van der Waals surface area contributed by atoms with Crippen LogP contribution in [0.3, 0.4) is 0 Å². The van der Waals surface area contributed by atoms with Gasteiger partial charge in [0.15, 0.2) is 18.9 Å². The van der Waals surface area contributed by atoms with E-state index in [0.29, 0.717) is 51.4 Å². The molecule has 0 radical (unpaired) electrons. The molecular weight excluding hydrogens is 1000 g/mol. The van der Waals surface area contributed by atoms with Gasteiger partial charge in [-0.05, 0) is 104 Å². The minimum Gasteiger partial charge on any atom is -0.432 e. The fraction of sp³-hybridized carbons (Fsp3) is 0.943. The highest BCUT2D eigenvalue weighted by molar-refractivity contribution is 5.79. The van der Waals surface area contributed by atoms with Crippen molar-refractivity contribution < 1.29 is 114 Å². The second-order valence-electron chi connectivity index (χ2n) is 25.7. The van der Waals surface area contributed by atoms with Crippen LogP contribution in [-0.2, 0) is 42.7 Å². The van der Waals surface area contributed by atoms with Crippen molar-refractivity contribution >= 4 is 5.97 Å². The highest BCUT2D eigenvalue weighted by atomic mass is 16.8. The molecule has 4 saturated heterocycles. The Morgan fingerprint density at radius 1 is 0.605 bits per heavy atom. The second-order valence-corrected chi connectivity index (χ2v) is 25.7. The SMILES string of the molecule is CC1(C)CC[C@]2(C(=O)O[C@@H]3O[C@H](CO[C@@H]4O[C@H](CO)[C@@H](O)[C@H](O)[C@H]4O)[C@@H](O)[C@H](O)[C@H]3O)CC[C@]3(C)C(=CC[C@@H]4[C@@]5(C)CC[C@H](O[C@@H]6OC[C@H](O)[C@H](O[C@@H]7O[C@H](CO)[C@H](O)[C@H](O)[C@H]7O)[C@H]6O)[C@@](C)(CO)[C@@H]5CC[C@]43C)[C@@H]2C1. The first-order chi connectivity index (χ1) is 35.7. The van der Waals surface area contributed by atoms with E-state index < -0.39 is 159 Å². The van der Waals surface area contributed by atoms with Gasteiger partial charge < -0.3 is 109 Å². The first-order valence-corrected chi connectivity index (χ1v) is 27.4. The molecule has 0 spiro atoms. The second kappa shape index (κ2) is 21.6. The summed E-state index contributed by atoms with van der Waals surface area (Å²) in [5, 5.41) is 149. The molecular formula is C53H86O23. The van der Waals surface area contributed by atoms with Gasteiger partial charge in [0.25, 0.3) is 0 Å². The third kappa shape index (κ3) is 9.56. The van der Waals surface area contributed by atoms with Crippen molar-refractivity contribution in [3.63, 3.8) is 0 Å². The summed E-state index contributed by atoms with van der Waals surface area (Å²) in [4.78, 5) is 15.1. The number of rotatable bonds is 12. The van der Waals surface area contributed by atoms with Gasteiger partial charge in [-0.1, -0.05) is 53.2 Å². The summed E-state index contributed by atoms with van der Waals surface area (Å²) in [5.74, 6) is -0.765. The first kappa shape index (κ1) is 59.0. The lowest BCUT2D eigenvalue weighted by atomic mass is 9.33. The number of allylic oxidation sites excluding steroid dienone is 2. The maximum atomic E-state index is 15.1. The summed E-state index contributed by atoms with van der Waals surface area (Å²) in [5.41, 5.74) is -1.76. The molecule has 0 aromatic rings. The maximum Gasteiger partial charge on any atom is 0.315 e. The van der Waals surface area contributed by atoms with Gasteiger partial charge >= 0.3 is 5.97 Å². The summed E-state index contributed by atoms with van der Waals surface area (Å²) < 4.78 is 47.0. The molecule has 76 heavy (non-hydrogen) atoms. The number of fused-ring (bicyclic) bond motifs is 7. The zero-order valence-corrected chi connectivity index (χ0v) is 44.4. The molecule has 9 rings (SSSR count). The molecule has 0 unspecified atom stereocenters. The number of aliphatic hydroxyl groups is 14. The Bertz CT molecular complexity index is 2080. The largest absolute Gasteiger partial charge is 0.432 e. The van der Waals surface area contributed by atoms with E-state index in [-0.39, 0.29) is 52.6 Å². The summed E-state index contributed by atoms with van der Waals surface area (Å²) >= 11 is 0. The van der Waals surface area contributed by atoms with Crippen molar-refractivity contribution in [2.24, 2.45) is 50.2 Å². The van der Waals surface area contributed by atoms with Crippen LogP contribution in [0.5, 0.6) is 0 Å². The predicted molar refractivity (Wildman–Crippen MR) is 258 cm³/mol. The highest BCUT2D eigenvalue weighted by Crippen LogP contribution is 2.76. The van der Waals surface area contributed by atoms with Crippen LogP contribution in [-0.4, -0.2) is 233 Å². The van der Waals surface area contributed by atoms with Crippen molar-refractivity contribution in [3.8, 4) is 0 Å². The monoisotopic (exact) mass is 1090 g/mol. The van der Waals surface area contributed by atoms with Gasteiger partial charge in [-0.3, -0.25) is 4.79 Å². The summed E-state index contributed by atoms with van der Waals surface area (Å²) in [7, 11) is 0. The standard InChI is InChI=1S/C53H86O23/c1-48(2)13-15-53(47(68)76-46-40(66)37(63)34(60)28(73-46)21-70-43-38(64)35(61)32(58)26(18-54)71-43)16-14-51(5)23(24(53)17-48)7-8-30-49(3)11-10-31(50(4,22-56)29(49)9-12-52(30,51)6)74-44-41(67)42(25(57)20-69-44)75-45-39(65)36(62)33(59)27(19-55)72-45/h7,24-46,54-67H,8-22H2,1-6H3/t24-,25-,26+,27+,28+,29+,30+,31-,32+,33-,34+,35-,36-,37-,38+,39+,40+,41+,42-,43+,44-,45-,46-,49-,50-,51+,52+,53-/m0/s1. The Hall–Kier alpha value is -1.63. The zero-order valence-electron chi connectivity index (χ0n) is 44.4. The molecule has 14 N–H and O–H groups in total. The third-order valence-corrected chi connectivity index (χ3v) is 21.2. The molecule has 0 aromatic carbocycles. The van der Waals surface area contributed by atoms with Crippen LogP contribution in [0.4, 0.5) is 0 Å². The molecule has 5 aliphatic carbocycles. The Morgan fingerprint density at radius 2 is 1.18 bits per heavy atom. The number of carbonyl (C=O) groups excluding carboxylic acids is 1. The quantitative estimate of drug-likeness (QED) is 0.0549. The molecule has 0 aromatic heterocycles. The lowest BCUT2D eigenvalue weighted by Crippen LogP contribution is -2.67. The number of ether oxygens (including phenoxy) is 8. The molecule has 9 aliphatic rings. The maximum absolute atomic E-state index is 15.1. The van der Waals surface area contributed by atoms with Crippen LogP contribution >= 0.6 is 0 Å². The minimum absolute atomic E-state index is 0.0543. The van der Waals surface area contributed by atoms with E-state index in [4.69, 9.17) is 37.9 Å². The van der Waals surface area contributed by atoms with Crippen LogP contribution in [0.1, 0.15) is 106 Å². The Kier molecular flexibility index (Phi) is 16.8. The number of esters is 1. The van der Waals surface area contributed by atoms with Gasteiger partial charge in [0.1, 0.15) is 91.6 Å². The van der Waals surface area contributed by atoms with E-state index in [1.54, 1.807) is 0 Å². The smallest absolute Gasteiger partial charge is 0.315 e. The van der Waals surface area contributed by atoms with E-state index in [0.717, 1.165) is 12.8 Å². The normalized spacial score (nSPS) is 54.3. The molecule has 436 valence electrons. The Balaban J connectivity index is 0.914. The van der Waals surface area contributed by atoms with Crippen LogP contribution in [0.15, 0.2) is 11.6 Å².